The molecule has 2 unspecified atom stereocenters. The molecule has 0 aliphatic heterocycles. The number of hydrogen-bond donors (Lipinski definition) is 3. The average molecular weight is 957 g/mol. The fourth-order valence-electron chi connectivity index (χ4n) is 9.26. The molecule has 0 bridgehead atoms. The van der Waals surface area contributed by atoms with E-state index in [1.807, 2.05) is 0 Å². The van der Waals surface area contributed by atoms with E-state index in [4.69, 9.17) is 4.74 Å². The lowest BCUT2D eigenvalue weighted by Gasteiger charge is -2.22. The average Bonchev–Trinajstić information content (AvgIpc) is 3.34. The van der Waals surface area contributed by atoms with Gasteiger partial charge in [-0.3, -0.25) is 9.59 Å². The molecular weight excluding hydrogens is 839 g/mol. The molecule has 0 aromatic heterocycles. The van der Waals surface area contributed by atoms with Gasteiger partial charge in [0.15, 0.2) is 0 Å². The summed E-state index contributed by atoms with van der Waals surface area (Å²) in [7, 11) is 0. The first-order chi connectivity index (χ1) is 33.5. The maximum atomic E-state index is 12.5. The number of ether oxygens (including phenoxy) is 1. The molecule has 0 spiro atoms. The molecule has 0 saturated carbocycles. The summed E-state index contributed by atoms with van der Waals surface area (Å²) in [5, 5.41) is 23.4. The molecule has 400 valence electrons. The maximum Gasteiger partial charge on any atom is 0.305 e. The number of amides is 1. The van der Waals surface area contributed by atoms with Gasteiger partial charge in [-0.1, -0.05) is 269 Å². The van der Waals surface area contributed by atoms with Crippen LogP contribution in [0.3, 0.4) is 0 Å². The Balaban J connectivity index is 3.50. The van der Waals surface area contributed by atoms with E-state index in [0.29, 0.717) is 25.9 Å². The highest BCUT2D eigenvalue weighted by molar-refractivity contribution is 5.76. The highest BCUT2D eigenvalue weighted by Crippen LogP contribution is 2.17. The molecule has 0 heterocycles. The number of unbranched alkanes of at least 4 members (excludes halogenated alkanes) is 40. The maximum absolute atomic E-state index is 12.5. The van der Waals surface area contributed by atoms with Crippen LogP contribution in [-0.4, -0.2) is 47.4 Å². The molecule has 0 aromatic rings. The number of nitrogens with one attached hydrogen (secondary N) is 1. The van der Waals surface area contributed by atoms with Gasteiger partial charge in [-0.05, 0) is 77.0 Å². The van der Waals surface area contributed by atoms with Gasteiger partial charge in [0.25, 0.3) is 0 Å². The third-order valence-corrected chi connectivity index (χ3v) is 13.9. The van der Waals surface area contributed by atoms with E-state index in [1.165, 1.54) is 212 Å². The smallest absolute Gasteiger partial charge is 0.305 e. The van der Waals surface area contributed by atoms with Crippen LogP contribution < -0.4 is 5.32 Å². The van der Waals surface area contributed by atoms with Crippen LogP contribution in [0.2, 0.25) is 0 Å². The summed E-state index contributed by atoms with van der Waals surface area (Å²) in [5.74, 6) is -0.0875. The normalized spacial score (nSPS) is 12.8. The topological polar surface area (TPSA) is 95.9 Å². The second kappa shape index (κ2) is 57.7. The Morgan fingerprint density at radius 1 is 0.412 bits per heavy atom. The summed E-state index contributed by atoms with van der Waals surface area (Å²) in [6.45, 7) is 4.87. The molecule has 0 radical (unpaired) electrons. The van der Waals surface area contributed by atoms with E-state index in [1.54, 1.807) is 0 Å². The van der Waals surface area contributed by atoms with Crippen LogP contribution in [0.15, 0.2) is 36.5 Å². The summed E-state index contributed by atoms with van der Waals surface area (Å²) < 4.78 is 5.42. The van der Waals surface area contributed by atoms with Crippen molar-refractivity contribution in [3.05, 3.63) is 36.5 Å². The van der Waals surface area contributed by atoms with Crippen LogP contribution >= 0.6 is 0 Å². The van der Waals surface area contributed by atoms with Gasteiger partial charge in [0.1, 0.15) is 0 Å². The molecule has 0 aromatic carbocycles. The number of aliphatic hydroxyl groups is 2. The van der Waals surface area contributed by atoms with Gasteiger partial charge in [0.2, 0.25) is 5.91 Å². The Labute approximate surface area is 424 Å². The van der Waals surface area contributed by atoms with E-state index in [-0.39, 0.29) is 18.5 Å². The molecule has 1 amide bonds. The number of allylic oxidation sites excluding steroid dienone is 6. The van der Waals surface area contributed by atoms with E-state index in [9.17, 15) is 19.8 Å². The predicted molar refractivity (Wildman–Crippen MR) is 296 cm³/mol. The van der Waals surface area contributed by atoms with E-state index >= 15 is 0 Å². The first kappa shape index (κ1) is 66.1. The van der Waals surface area contributed by atoms with Crippen molar-refractivity contribution in [1.29, 1.82) is 0 Å². The van der Waals surface area contributed by atoms with Crippen molar-refractivity contribution in [2.45, 2.75) is 334 Å². The minimum absolute atomic E-state index is 0.0324. The van der Waals surface area contributed by atoms with Crippen LogP contribution in [0, 0.1) is 0 Å². The monoisotopic (exact) mass is 956 g/mol. The molecule has 6 heteroatoms. The second-order valence-corrected chi connectivity index (χ2v) is 20.7. The van der Waals surface area contributed by atoms with Gasteiger partial charge < -0.3 is 20.3 Å². The Morgan fingerprint density at radius 2 is 0.750 bits per heavy atom. The van der Waals surface area contributed by atoms with Gasteiger partial charge in [-0.15, -0.1) is 0 Å². The lowest BCUT2D eigenvalue weighted by molar-refractivity contribution is -0.143. The third-order valence-electron chi connectivity index (χ3n) is 13.9. The summed E-state index contributed by atoms with van der Waals surface area (Å²) in [4.78, 5) is 24.5. The van der Waals surface area contributed by atoms with Crippen molar-refractivity contribution in [3.63, 3.8) is 0 Å². The number of esters is 1. The Bertz CT molecular complexity index is 1100. The highest BCUT2D eigenvalue weighted by atomic mass is 16.5. The van der Waals surface area contributed by atoms with Crippen molar-refractivity contribution in [1.82, 2.24) is 5.32 Å². The van der Waals surface area contributed by atoms with Crippen LogP contribution in [0.25, 0.3) is 0 Å². The second-order valence-electron chi connectivity index (χ2n) is 20.7. The SMILES string of the molecule is CCCC/C=C\CCCCCCCC(=O)OCCCCC/C=C\C=C/CCCCCCCCC(=O)NC(CO)C(O)CCCCCCCCCCCCCCCCCCCCCCCCCCC. The Kier molecular flexibility index (Phi) is 56.0. The summed E-state index contributed by atoms with van der Waals surface area (Å²) in [5.41, 5.74) is 0. The van der Waals surface area contributed by atoms with E-state index < -0.39 is 12.1 Å². The summed E-state index contributed by atoms with van der Waals surface area (Å²) in [6.07, 6.45) is 71.5. The largest absolute Gasteiger partial charge is 0.466 e. The van der Waals surface area contributed by atoms with Crippen molar-refractivity contribution in [2.75, 3.05) is 13.2 Å². The first-order valence-electron chi connectivity index (χ1n) is 30.3. The van der Waals surface area contributed by atoms with Gasteiger partial charge in [0.05, 0.1) is 25.4 Å². The van der Waals surface area contributed by atoms with Crippen LogP contribution in [0.5, 0.6) is 0 Å². The molecule has 2 atom stereocenters. The van der Waals surface area contributed by atoms with Crippen molar-refractivity contribution < 1.29 is 24.5 Å². The third kappa shape index (κ3) is 53.4. The molecule has 0 aliphatic rings. The first-order valence-corrected chi connectivity index (χ1v) is 30.3. The fourth-order valence-corrected chi connectivity index (χ4v) is 9.26. The van der Waals surface area contributed by atoms with Gasteiger partial charge in [0, 0.05) is 12.8 Å². The van der Waals surface area contributed by atoms with Gasteiger partial charge in [-0.25, -0.2) is 0 Å². The standard InChI is InChI=1S/C62H117NO5/c1-3-5-7-9-11-13-15-16-17-18-19-20-21-22-23-24-25-26-28-31-35-38-42-46-50-54-60(65)59(58-64)63-61(66)55-51-47-43-39-36-32-29-27-30-33-37-41-45-49-53-57-68-62(67)56-52-48-44-40-34-14-12-10-8-6-4-2/h10,12,27,30,33,37,59-60,64-65H,3-9,11,13-26,28-29,31-32,34-36,38-58H2,1-2H3,(H,63,66)/b12-10-,30-27-,37-33-. The zero-order valence-corrected chi connectivity index (χ0v) is 45.6. The number of aliphatic hydroxyl groups excluding tert-OH is 2. The molecule has 0 saturated heterocycles. The molecule has 68 heavy (non-hydrogen) atoms. The molecule has 0 fully saturated rings. The minimum atomic E-state index is -0.681. The number of carbonyl (C=O) groups is 2. The van der Waals surface area contributed by atoms with Crippen molar-refractivity contribution >= 4 is 11.9 Å². The minimum Gasteiger partial charge on any atom is -0.466 e. The lowest BCUT2D eigenvalue weighted by atomic mass is 10.0. The number of carbonyl (C=O) groups excluding carboxylic acids is 2. The van der Waals surface area contributed by atoms with Gasteiger partial charge >= 0.3 is 5.97 Å². The molecule has 0 aliphatic carbocycles. The molecule has 0 rings (SSSR count). The molecule has 3 N–H and O–H groups in total. The quantitative estimate of drug-likeness (QED) is 0.0244. The summed E-state index contributed by atoms with van der Waals surface area (Å²) >= 11 is 0. The number of rotatable bonds is 56. The van der Waals surface area contributed by atoms with Gasteiger partial charge in [-0.2, -0.15) is 0 Å². The van der Waals surface area contributed by atoms with Crippen LogP contribution in [0.1, 0.15) is 322 Å². The van der Waals surface area contributed by atoms with Crippen LogP contribution in [-0.2, 0) is 14.3 Å². The molecule has 6 nitrogen and oxygen atoms in total. The highest BCUT2D eigenvalue weighted by Gasteiger charge is 2.20. The van der Waals surface area contributed by atoms with Crippen molar-refractivity contribution in [2.24, 2.45) is 0 Å². The fraction of sp³-hybridized carbons (Fsp3) is 0.871. The van der Waals surface area contributed by atoms with Crippen LogP contribution in [0.4, 0.5) is 0 Å². The Morgan fingerprint density at radius 3 is 1.18 bits per heavy atom. The van der Waals surface area contributed by atoms with Crippen molar-refractivity contribution in [3.8, 4) is 0 Å². The summed E-state index contributed by atoms with van der Waals surface area (Å²) in [6, 6.07) is -0.560. The van der Waals surface area contributed by atoms with E-state index in [2.05, 4.69) is 55.6 Å². The molecular formula is C62H117NO5. The number of hydrogen-bond acceptors (Lipinski definition) is 5. The lowest BCUT2D eigenvalue weighted by Crippen LogP contribution is -2.45. The zero-order valence-electron chi connectivity index (χ0n) is 45.6. The zero-order chi connectivity index (χ0) is 49.3. The Hall–Kier alpha value is -1.92. The predicted octanol–water partition coefficient (Wildman–Crippen LogP) is 18.8. The van der Waals surface area contributed by atoms with E-state index in [0.717, 1.165) is 77.0 Å².